The van der Waals surface area contributed by atoms with Gasteiger partial charge in [-0.2, -0.15) is 5.26 Å². The number of halogens is 2. The largest absolute Gasteiger partial charge is 0.481 e. The maximum absolute atomic E-state index is 12.9. The molecule has 4 nitrogen and oxygen atoms in total. The molecule has 1 aromatic rings. The van der Waals surface area contributed by atoms with Crippen molar-refractivity contribution in [2.75, 3.05) is 6.54 Å². The first-order valence-electron chi connectivity index (χ1n) is 4.84. The van der Waals surface area contributed by atoms with Gasteiger partial charge in [-0.05, 0) is 17.7 Å². The minimum absolute atomic E-state index is 0.0759. The van der Waals surface area contributed by atoms with Gasteiger partial charge in [0.1, 0.15) is 6.04 Å². The van der Waals surface area contributed by atoms with Gasteiger partial charge in [-0.15, -0.1) is 0 Å². The monoisotopic (exact) mass is 240 g/mol. The van der Waals surface area contributed by atoms with Crippen LogP contribution in [0, 0.1) is 23.0 Å². The standard InChI is InChI=1S/C11H10F2N2O2/c12-8-2-1-7(5-9(8)13)10(6-14)15-4-3-11(16)17/h1-2,5,10,15H,3-4H2,(H,16,17). The number of carboxylic acids is 1. The van der Waals surface area contributed by atoms with E-state index in [4.69, 9.17) is 10.4 Å². The SMILES string of the molecule is N#CC(NCCC(=O)O)c1ccc(F)c(F)c1. The van der Waals surface area contributed by atoms with Crippen LogP contribution in [0.4, 0.5) is 8.78 Å². The average molecular weight is 240 g/mol. The third-order valence-electron chi connectivity index (χ3n) is 2.09. The quantitative estimate of drug-likeness (QED) is 0.819. The molecule has 1 unspecified atom stereocenters. The van der Waals surface area contributed by atoms with Gasteiger partial charge in [0.15, 0.2) is 11.6 Å². The van der Waals surface area contributed by atoms with E-state index in [2.05, 4.69) is 5.32 Å². The van der Waals surface area contributed by atoms with Gasteiger partial charge in [-0.1, -0.05) is 6.07 Å². The van der Waals surface area contributed by atoms with E-state index in [9.17, 15) is 13.6 Å². The van der Waals surface area contributed by atoms with Crippen molar-refractivity contribution < 1.29 is 18.7 Å². The van der Waals surface area contributed by atoms with E-state index in [-0.39, 0.29) is 18.5 Å². The van der Waals surface area contributed by atoms with Crippen molar-refractivity contribution in [2.24, 2.45) is 0 Å². The number of rotatable bonds is 5. The second-order valence-electron chi connectivity index (χ2n) is 3.33. The van der Waals surface area contributed by atoms with Crippen molar-refractivity contribution in [2.45, 2.75) is 12.5 Å². The highest BCUT2D eigenvalue weighted by atomic mass is 19.2. The van der Waals surface area contributed by atoms with Crippen molar-refractivity contribution in [1.29, 1.82) is 5.26 Å². The number of hydrogen-bond acceptors (Lipinski definition) is 3. The van der Waals surface area contributed by atoms with Gasteiger partial charge in [0, 0.05) is 6.54 Å². The Labute approximate surface area is 96.5 Å². The third-order valence-corrected chi connectivity index (χ3v) is 2.09. The van der Waals surface area contributed by atoms with E-state index >= 15 is 0 Å². The lowest BCUT2D eigenvalue weighted by Gasteiger charge is -2.11. The zero-order valence-corrected chi connectivity index (χ0v) is 8.78. The molecule has 0 radical (unpaired) electrons. The average Bonchev–Trinajstić information content (AvgIpc) is 2.28. The van der Waals surface area contributed by atoms with E-state index in [0.717, 1.165) is 12.1 Å². The Hall–Kier alpha value is -2.00. The summed E-state index contributed by atoms with van der Waals surface area (Å²) in [5.41, 5.74) is 0.261. The molecular formula is C11H10F2N2O2. The predicted molar refractivity (Wildman–Crippen MR) is 55.0 cm³/mol. The van der Waals surface area contributed by atoms with Crippen molar-refractivity contribution in [1.82, 2.24) is 5.32 Å². The number of carboxylic acid groups (broad SMARTS) is 1. The minimum Gasteiger partial charge on any atom is -0.481 e. The fraction of sp³-hybridized carbons (Fsp3) is 0.273. The molecular weight excluding hydrogens is 230 g/mol. The molecule has 1 aromatic carbocycles. The predicted octanol–water partition coefficient (Wildman–Crippen LogP) is 1.59. The Morgan fingerprint density at radius 3 is 2.71 bits per heavy atom. The molecule has 0 aromatic heterocycles. The summed E-state index contributed by atoms with van der Waals surface area (Å²) in [5.74, 6) is -3.03. The molecule has 90 valence electrons. The van der Waals surface area contributed by atoms with E-state index < -0.39 is 23.6 Å². The van der Waals surface area contributed by atoms with Crippen LogP contribution in [0.15, 0.2) is 18.2 Å². The summed E-state index contributed by atoms with van der Waals surface area (Å²) in [6.45, 7) is 0.0759. The summed E-state index contributed by atoms with van der Waals surface area (Å²) in [6, 6.07) is 4.10. The molecule has 2 N–H and O–H groups in total. The van der Waals surface area contributed by atoms with E-state index in [0.29, 0.717) is 0 Å². The molecule has 0 aliphatic heterocycles. The summed E-state index contributed by atoms with van der Waals surface area (Å²) in [6.07, 6.45) is -0.151. The maximum Gasteiger partial charge on any atom is 0.304 e. The summed E-state index contributed by atoms with van der Waals surface area (Å²) in [5, 5.41) is 19.9. The van der Waals surface area contributed by atoms with Crippen molar-refractivity contribution in [3.05, 3.63) is 35.4 Å². The summed E-state index contributed by atoms with van der Waals surface area (Å²) in [7, 11) is 0. The smallest absolute Gasteiger partial charge is 0.304 e. The number of carbonyl (C=O) groups is 1. The first-order chi connectivity index (χ1) is 8.04. The van der Waals surface area contributed by atoms with E-state index in [1.165, 1.54) is 6.07 Å². The van der Waals surface area contributed by atoms with Gasteiger partial charge in [-0.3, -0.25) is 10.1 Å². The first kappa shape index (κ1) is 13.1. The molecule has 0 saturated carbocycles. The van der Waals surface area contributed by atoms with Crippen LogP contribution in [0.5, 0.6) is 0 Å². The van der Waals surface area contributed by atoms with Crippen LogP contribution < -0.4 is 5.32 Å². The van der Waals surface area contributed by atoms with Gasteiger partial charge < -0.3 is 5.11 Å². The lowest BCUT2D eigenvalue weighted by atomic mass is 10.1. The van der Waals surface area contributed by atoms with Gasteiger partial charge in [0.25, 0.3) is 0 Å². The maximum atomic E-state index is 12.9. The summed E-state index contributed by atoms with van der Waals surface area (Å²) >= 11 is 0. The van der Waals surface area contributed by atoms with Crippen LogP contribution in [-0.2, 0) is 4.79 Å². The first-order valence-corrected chi connectivity index (χ1v) is 4.84. The molecule has 0 amide bonds. The number of benzene rings is 1. The summed E-state index contributed by atoms with van der Waals surface area (Å²) in [4.78, 5) is 10.3. The highest BCUT2D eigenvalue weighted by Crippen LogP contribution is 2.15. The fourth-order valence-corrected chi connectivity index (χ4v) is 1.25. The molecule has 0 heterocycles. The lowest BCUT2D eigenvalue weighted by Crippen LogP contribution is -2.23. The zero-order chi connectivity index (χ0) is 12.8. The van der Waals surface area contributed by atoms with Crippen LogP contribution in [0.2, 0.25) is 0 Å². The number of hydrogen-bond donors (Lipinski definition) is 2. The van der Waals surface area contributed by atoms with Crippen molar-refractivity contribution in [3.63, 3.8) is 0 Å². The molecule has 0 aliphatic carbocycles. The van der Waals surface area contributed by atoms with E-state index in [1.807, 2.05) is 6.07 Å². The van der Waals surface area contributed by atoms with Crippen LogP contribution >= 0.6 is 0 Å². The van der Waals surface area contributed by atoms with Gasteiger partial charge in [0.05, 0.1) is 12.5 Å². The number of nitrogens with one attached hydrogen (secondary N) is 1. The molecule has 0 fully saturated rings. The molecule has 6 heteroatoms. The van der Waals surface area contributed by atoms with Crippen LogP contribution in [0.25, 0.3) is 0 Å². The molecule has 0 bridgehead atoms. The van der Waals surface area contributed by atoms with Gasteiger partial charge in [0.2, 0.25) is 0 Å². The highest BCUT2D eigenvalue weighted by molar-refractivity contribution is 5.66. The number of nitrogens with zero attached hydrogens (tertiary/aromatic N) is 1. The normalized spacial score (nSPS) is 11.8. The van der Waals surface area contributed by atoms with Crippen molar-refractivity contribution >= 4 is 5.97 Å². The molecule has 0 aliphatic rings. The molecule has 1 rings (SSSR count). The third kappa shape index (κ3) is 3.81. The van der Waals surface area contributed by atoms with Gasteiger partial charge in [-0.25, -0.2) is 8.78 Å². The lowest BCUT2D eigenvalue weighted by molar-refractivity contribution is -0.136. The second-order valence-corrected chi connectivity index (χ2v) is 3.33. The van der Waals surface area contributed by atoms with E-state index in [1.54, 1.807) is 0 Å². The Balaban J connectivity index is 2.70. The summed E-state index contributed by atoms with van der Waals surface area (Å²) < 4.78 is 25.6. The molecule has 0 spiro atoms. The molecule has 0 saturated heterocycles. The second kappa shape index (κ2) is 5.92. The fourth-order valence-electron chi connectivity index (χ4n) is 1.25. The zero-order valence-electron chi connectivity index (χ0n) is 8.78. The number of nitriles is 1. The molecule has 17 heavy (non-hydrogen) atoms. The Kier molecular flexibility index (Phi) is 4.55. The van der Waals surface area contributed by atoms with Crippen LogP contribution in [0.3, 0.4) is 0 Å². The van der Waals surface area contributed by atoms with Crippen molar-refractivity contribution in [3.8, 4) is 6.07 Å². The Morgan fingerprint density at radius 1 is 1.47 bits per heavy atom. The highest BCUT2D eigenvalue weighted by Gasteiger charge is 2.12. The van der Waals surface area contributed by atoms with Crippen LogP contribution in [-0.4, -0.2) is 17.6 Å². The topological polar surface area (TPSA) is 73.1 Å². The Bertz CT molecular complexity index is 457. The van der Waals surface area contributed by atoms with Crippen LogP contribution in [0.1, 0.15) is 18.0 Å². The van der Waals surface area contributed by atoms with Gasteiger partial charge >= 0.3 is 5.97 Å². The minimum atomic E-state index is -1.04. The number of aliphatic carboxylic acids is 1. The molecule has 1 atom stereocenters. The Morgan fingerprint density at radius 2 is 2.18 bits per heavy atom.